The SMILES string of the molecule is CCn1nc(C)c([N+](=O)[O-])c1C(C)C(C)Br. The Morgan fingerprint density at radius 2 is 2.12 bits per heavy atom. The zero-order valence-corrected chi connectivity index (χ0v) is 11.5. The summed E-state index contributed by atoms with van der Waals surface area (Å²) in [4.78, 5) is 10.9. The normalized spacial score (nSPS) is 14.8. The Hall–Kier alpha value is -0.910. The van der Waals surface area contributed by atoms with Gasteiger partial charge in [-0.05, 0) is 13.8 Å². The molecule has 0 aromatic carbocycles. The Bertz CT molecular complexity index is 401. The number of aromatic nitrogens is 2. The predicted octanol–water partition coefficient (Wildman–Crippen LogP) is 3.01. The van der Waals surface area contributed by atoms with E-state index in [0.717, 1.165) is 0 Å². The van der Waals surface area contributed by atoms with Crippen molar-refractivity contribution >= 4 is 21.6 Å². The van der Waals surface area contributed by atoms with Gasteiger partial charge in [0.15, 0.2) is 0 Å². The van der Waals surface area contributed by atoms with Gasteiger partial charge in [-0.2, -0.15) is 5.10 Å². The van der Waals surface area contributed by atoms with Gasteiger partial charge < -0.3 is 0 Å². The van der Waals surface area contributed by atoms with Crippen molar-refractivity contribution in [2.75, 3.05) is 0 Å². The molecular formula is C10H16BrN3O2. The van der Waals surface area contributed by atoms with Crippen molar-refractivity contribution in [2.45, 2.75) is 45.0 Å². The Balaban J connectivity index is 3.37. The highest BCUT2D eigenvalue weighted by molar-refractivity contribution is 9.09. The van der Waals surface area contributed by atoms with Crippen LogP contribution in [0, 0.1) is 17.0 Å². The van der Waals surface area contributed by atoms with Crippen molar-refractivity contribution in [3.8, 4) is 0 Å². The van der Waals surface area contributed by atoms with Crippen LogP contribution in [0.3, 0.4) is 0 Å². The monoisotopic (exact) mass is 289 g/mol. The summed E-state index contributed by atoms with van der Waals surface area (Å²) in [7, 11) is 0. The molecule has 0 saturated carbocycles. The first-order valence-corrected chi connectivity index (χ1v) is 6.17. The van der Waals surface area contributed by atoms with Gasteiger partial charge in [0.2, 0.25) is 0 Å². The quantitative estimate of drug-likeness (QED) is 0.486. The molecule has 1 aromatic heterocycles. The van der Waals surface area contributed by atoms with E-state index in [4.69, 9.17) is 0 Å². The fourth-order valence-corrected chi connectivity index (χ4v) is 1.98. The van der Waals surface area contributed by atoms with Crippen LogP contribution in [0.2, 0.25) is 0 Å². The second-order valence-electron chi connectivity index (χ2n) is 3.86. The van der Waals surface area contributed by atoms with E-state index in [2.05, 4.69) is 21.0 Å². The van der Waals surface area contributed by atoms with Crippen LogP contribution in [-0.2, 0) is 6.54 Å². The Morgan fingerprint density at radius 1 is 1.56 bits per heavy atom. The average molecular weight is 290 g/mol. The van der Waals surface area contributed by atoms with Gasteiger partial charge in [-0.25, -0.2) is 0 Å². The lowest BCUT2D eigenvalue weighted by molar-refractivity contribution is -0.386. The molecule has 1 heterocycles. The topological polar surface area (TPSA) is 61.0 Å². The fraction of sp³-hybridized carbons (Fsp3) is 0.700. The zero-order chi connectivity index (χ0) is 12.5. The molecule has 0 bridgehead atoms. The van der Waals surface area contributed by atoms with Crippen LogP contribution < -0.4 is 0 Å². The average Bonchev–Trinajstić information content (AvgIpc) is 2.53. The standard InChI is InChI=1S/C10H16BrN3O2/c1-5-13-9(6(2)7(3)11)10(14(15)16)8(4)12-13/h6-7H,5H2,1-4H3. The minimum atomic E-state index is -0.338. The first-order valence-electron chi connectivity index (χ1n) is 5.25. The lowest BCUT2D eigenvalue weighted by Crippen LogP contribution is -2.13. The number of alkyl halides is 1. The van der Waals surface area contributed by atoms with Gasteiger partial charge in [0.1, 0.15) is 11.4 Å². The number of halogens is 1. The fourth-order valence-electron chi connectivity index (χ4n) is 1.72. The van der Waals surface area contributed by atoms with Crippen LogP contribution in [0.5, 0.6) is 0 Å². The smallest absolute Gasteiger partial charge is 0.262 e. The Labute approximate surface area is 103 Å². The van der Waals surface area contributed by atoms with Crippen LogP contribution in [0.1, 0.15) is 38.1 Å². The van der Waals surface area contributed by atoms with Crippen LogP contribution in [0.25, 0.3) is 0 Å². The van der Waals surface area contributed by atoms with Gasteiger partial charge in [-0.15, -0.1) is 0 Å². The first-order chi connectivity index (χ1) is 7.40. The van der Waals surface area contributed by atoms with E-state index in [0.29, 0.717) is 17.9 Å². The highest BCUT2D eigenvalue weighted by Gasteiger charge is 2.30. The molecule has 1 aromatic rings. The Kier molecular flexibility index (Phi) is 4.07. The van der Waals surface area contributed by atoms with Crippen LogP contribution >= 0.6 is 15.9 Å². The largest absolute Gasteiger partial charge is 0.313 e. The molecule has 0 N–H and O–H groups in total. The molecule has 0 amide bonds. The van der Waals surface area contributed by atoms with E-state index in [-0.39, 0.29) is 21.4 Å². The molecule has 90 valence electrons. The van der Waals surface area contributed by atoms with Gasteiger partial charge in [0, 0.05) is 17.3 Å². The van der Waals surface area contributed by atoms with E-state index in [1.807, 2.05) is 20.8 Å². The van der Waals surface area contributed by atoms with Crippen molar-refractivity contribution in [1.82, 2.24) is 9.78 Å². The maximum absolute atomic E-state index is 11.0. The molecule has 0 aliphatic heterocycles. The number of nitro groups is 1. The van der Waals surface area contributed by atoms with Crippen molar-refractivity contribution < 1.29 is 4.92 Å². The number of hydrogen-bond acceptors (Lipinski definition) is 3. The van der Waals surface area contributed by atoms with Gasteiger partial charge >= 0.3 is 5.69 Å². The molecule has 6 heteroatoms. The number of nitrogens with zero attached hydrogens (tertiary/aromatic N) is 3. The molecule has 16 heavy (non-hydrogen) atoms. The highest BCUT2D eigenvalue weighted by Crippen LogP contribution is 2.33. The van der Waals surface area contributed by atoms with Gasteiger partial charge in [-0.3, -0.25) is 14.8 Å². The van der Waals surface area contributed by atoms with Crippen molar-refractivity contribution in [1.29, 1.82) is 0 Å². The summed E-state index contributed by atoms with van der Waals surface area (Å²) in [6.07, 6.45) is 0. The van der Waals surface area contributed by atoms with E-state index in [1.165, 1.54) is 0 Å². The third-order valence-electron chi connectivity index (χ3n) is 2.74. The molecule has 0 saturated heterocycles. The third-order valence-corrected chi connectivity index (χ3v) is 3.53. The van der Waals surface area contributed by atoms with E-state index < -0.39 is 0 Å². The van der Waals surface area contributed by atoms with E-state index >= 15 is 0 Å². The first kappa shape index (κ1) is 13.2. The zero-order valence-electron chi connectivity index (χ0n) is 9.90. The molecular weight excluding hydrogens is 274 g/mol. The van der Waals surface area contributed by atoms with Crippen molar-refractivity contribution in [3.63, 3.8) is 0 Å². The van der Waals surface area contributed by atoms with Gasteiger partial charge in [-0.1, -0.05) is 29.8 Å². The van der Waals surface area contributed by atoms with Gasteiger partial charge in [0.25, 0.3) is 0 Å². The molecule has 0 aliphatic rings. The third kappa shape index (κ3) is 2.26. The maximum atomic E-state index is 11.0. The van der Waals surface area contributed by atoms with E-state index in [1.54, 1.807) is 11.6 Å². The molecule has 0 spiro atoms. The molecule has 2 atom stereocenters. The molecule has 0 radical (unpaired) electrons. The molecule has 0 fully saturated rings. The number of rotatable bonds is 4. The molecule has 0 aliphatic carbocycles. The summed E-state index contributed by atoms with van der Waals surface area (Å²) in [6, 6.07) is 0. The highest BCUT2D eigenvalue weighted by atomic mass is 79.9. The second kappa shape index (κ2) is 4.95. The lowest BCUT2D eigenvalue weighted by atomic mass is 10.0. The summed E-state index contributed by atoms with van der Waals surface area (Å²) < 4.78 is 1.72. The van der Waals surface area contributed by atoms with Crippen LogP contribution in [0.4, 0.5) is 5.69 Å². The molecule has 5 nitrogen and oxygen atoms in total. The number of aryl methyl sites for hydroxylation is 2. The lowest BCUT2D eigenvalue weighted by Gasteiger charge is -2.14. The summed E-state index contributed by atoms with van der Waals surface area (Å²) in [5.74, 6) is 0.0570. The second-order valence-corrected chi connectivity index (χ2v) is 5.30. The molecule has 2 unspecified atom stereocenters. The Morgan fingerprint density at radius 3 is 2.50 bits per heavy atom. The minimum Gasteiger partial charge on any atom is -0.262 e. The van der Waals surface area contributed by atoms with Gasteiger partial charge in [0.05, 0.1) is 4.92 Å². The summed E-state index contributed by atoms with van der Waals surface area (Å²) in [5.41, 5.74) is 1.34. The van der Waals surface area contributed by atoms with Crippen LogP contribution in [0.15, 0.2) is 0 Å². The molecule has 1 rings (SSSR count). The van der Waals surface area contributed by atoms with Crippen LogP contribution in [-0.4, -0.2) is 19.5 Å². The summed E-state index contributed by atoms with van der Waals surface area (Å²) >= 11 is 3.47. The summed E-state index contributed by atoms with van der Waals surface area (Å²) in [6.45, 7) is 8.21. The number of hydrogen-bond donors (Lipinski definition) is 0. The maximum Gasteiger partial charge on any atom is 0.313 e. The van der Waals surface area contributed by atoms with E-state index in [9.17, 15) is 10.1 Å². The minimum absolute atomic E-state index is 0.0570. The summed E-state index contributed by atoms with van der Waals surface area (Å²) in [5, 5.41) is 15.2. The predicted molar refractivity (Wildman–Crippen MR) is 66.1 cm³/mol. The van der Waals surface area contributed by atoms with Crippen molar-refractivity contribution in [3.05, 3.63) is 21.5 Å². The van der Waals surface area contributed by atoms with Crippen molar-refractivity contribution in [2.24, 2.45) is 0 Å².